The molecule has 2 aromatic rings. The first kappa shape index (κ1) is 87.2. The minimum atomic E-state index is -1.09. The Morgan fingerprint density at radius 3 is 0.781 bits per heavy atom. The van der Waals surface area contributed by atoms with Gasteiger partial charge in [0, 0.05) is 61.6 Å². The molecule has 0 saturated heterocycles. The molecule has 0 saturated carbocycles. The Balaban J connectivity index is 2.13. The second kappa shape index (κ2) is 64.8. The largest absolute Gasteiger partial charge is 0.462 e. The highest BCUT2D eigenvalue weighted by Gasteiger charge is 2.28. The highest BCUT2D eigenvalue weighted by molar-refractivity contribution is 6.05. The van der Waals surface area contributed by atoms with Gasteiger partial charge in [-0.3, -0.25) is 29.1 Å². The van der Waals surface area contributed by atoms with E-state index in [0.29, 0.717) is 31.2 Å². The number of carbonyl (C=O) groups excluding carboxylic acids is 6. The van der Waals surface area contributed by atoms with Gasteiger partial charge in [-0.05, 0) is 31.7 Å². The highest BCUT2D eigenvalue weighted by Crippen LogP contribution is 2.29. The molecule has 2 unspecified atom stereocenters. The molecule has 2 atom stereocenters. The Hall–Kier alpha value is -4.88. The van der Waals surface area contributed by atoms with Crippen LogP contribution in [0.5, 0.6) is 0 Å². The zero-order valence-electron chi connectivity index (χ0n) is 61.8. The van der Waals surface area contributed by atoms with Gasteiger partial charge in [0.1, 0.15) is 26.4 Å². The van der Waals surface area contributed by atoms with Crippen LogP contribution in [0.3, 0.4) is 0 Å². The summed E-state index contributed by atoms with van der Waals surface area (Å²) >= 11 is 0. The maximum Gasteiger partial charge on any atom is 0.340 e. The number of hydrogen-bond acceptors (Lipinski definition) is 14. The van der Waals surface area contributed by atoms with Crippen LogP contribution in [-0.2, 0) is 47.6 Å². The average molecular weight is 1350 g/mol. The third-order valence-electron chi connectivity index (χ3n) is 18.5. The Labute approximate surface area is 585 Å². The van der Waals surface area contributed by atoms with Crippen molar-refractivity contribution in [3.8, 4) is 11.1 Å². The first-order chi connectivity index (χ1) is 47.1. The number of aromatic nitrogens is 2. The van der Waals surface area contributed by atoms with Gasteiger partial charge in [-0.2, -0.15) is 0 Å². The van der Waals surface area contributed by atoms with Gasteiger partial charge < -0.3 is 28.4 Å². The number of rotatable bonds is 69. The van der Waals surface area contributed by atoms with Crippen LogP contribution in [0.1, 0.15) is 408 Å². The maximum absolute atomic E-state index is 14.3. The number of nitrogens with zero attached hydrogens (tertiary/aromatic N) is 2. The predicted octanol–water partition coefficient (Wildman–Crippen LogP) is 23.3. The van der Waals surface area contributed by atoms with Crippen molar-refractivity contribution in [2.45, 2.75) is 399 Å². The molecule has 0 amide bonds. The Morgan fingerprint density at radius 1 is 0.292 bits per heavy atom. The van der Waals surface area contributed by atoms with Crippen LogP contribution in [0.4, 0.5) is 0 Å². The lowest BCUT2D eigenvalue weighted by atomic mass is 9.98. The number of esters is 6. The van der Waals surface area contributed by atoms with Crippen molar-refractivity contribution in [2.24, 2.45) is 0 Å². The van der Waals surface area contributed by atoms with Gasteiger partial charge in [0.15, 0.2) is 12.2 Å². The first-order valence-corrected chi connectivity index (χ1v) is 40.1. The second-order valence-electron chi connectivity index (χ2n) is 27.6. The van der Waals surface area contributed by atoms with Gasteiger partial charge in [0.25, 0.3) is 0 Å². The number of carbonyl (C=O) groups is 6. The molecule has 2 heterocycles. The predicted molar refractivity (Wildman–Crippen MR) is 391 cm³/mol. The van der Waals surface area contributed by atoms with Gasteiger partial charge >= 0.3 is 35.8 Å². The molecule has 0 radical (unpaired) electrons. The summed E-state index contributed by atoms with van der Waals surface area (Å²) in [7, 11) is 0. The van der Waals surface area contributed by atoms with Gasteiger partial charge in [0.05, 0.1) is 11.1 Å². The molecule has 14 nitrogen and oxygen atoms in total. The van der Waals surface area contributed by atoms with E-state index in [4.69, 9.17) is 28.4 Å². The van der Waals surface area contributed by atoms with Crippen LogP contribution >= 0.6 is 0 Å². The number of hydrogen-bond donors (Lipinski definition) is 0. The fourth-order valence-electron chi connectivity index (χ4n) is 12.5. The zero-order chi connectivity index (χ0) is 69.3. The van der Waals surface area contributed by atoms with E-state index in [0.717, 1.165) is 77.0 Å². The lowest BCUT2D eigenvalue weighted by molar-refractivity contribution is -0.161. The molecule has 2 aromatic heterocycles. The van der Waals surface area contributed by atoms with Crippen LogP contribution in [0.25, 0.3) is 11.1 Å². The van der Waals surface area contributed by atoms with Crippen molar-refractivity contribution in [1.29, 1.82) is 0 Å². The molecular formula is C82H140N2O12. The first-order valence-electron chi connectivity index (χ1n) is 40.1. The van der Waals surface area contributed by atoms with Crippen molar-refractivity contribution in [3.63, 3.8) is 0 Å². The Kier molecular flexibility index (Phi) is 58.8. The van der Waals surface area contributed by atoms with Crippen LogP contribution in [0.2, 0.25) is 0 Å². The number of unbranched alkanes of at least 4 members (excludes halogenated alkanes) is 48. The summed E-state index contributed by atoms with van der Waals surface area (Å²) < 4.78 is 34.8. The zero-order valence-corrected chi connectivity index (χ0v) is 61.8. The average Bonchev–Trinajstić information content (AvgIpc) is 0.798. The minimum absolute atomic E-state index is 0.0863. The van der Waals surface area contributed by atoms with E-state index >= 15 is 0 Å². The van der Waals surface area contributed by atoms with E-state index in [9.17, 15) is 28.8 Å². The fourth-order valence-corrected chi connectivity index (χ4v) is 12.5. The summed E-state index contributed by atoms with van der Waals surface area (Å²) in [5, 5.41) is 0. The van der Waals surface area contributed by atoms with E-state index in [1.807, 2.05) is 0 Å². The summed E-state index contributed by atoms with van der Waals surface area (Å²) in [6.07, 6.45) is 65.7. The normalized spacial score (nSPS) is 11.9. The summed E-state index contributed by atoms with van der Waals surface area (Å²) in [6, 6.07) is 3.35. The monoisotopic (exact) mass is 1350 g/mol. The molecule has 14 heteroatoms. The van der Waals surface area contributed by atoms with Crippen LogP contribution in [0, 0.1) is 0 Å². The summed E-state index contributed by atoms with van der Waals surface area (Å²) in [6.45, 7) is 7.53. The molecule has 0 aliphatic rings. The maximum atomic E-state index is 14.3. The lowest BCUT2D eigenvalue weighted by Crippen LogP contribution is -2.31. The molecule has 96 heavy (non-hydrogen) atoms. The molecule has 0 aliphatic heterocycles. The van der Waals surface area contributed by atoms with Crippen molar-refractivity contribution in [1.82, 2.24) is 9.97 Å². The summed E-state index contributed by atoms with van der Waals surface area (Å²) in [5.41, 5.74) is 0.353. The van der Waals surface area contributed by atoms with E-state index in [-0.39, 0.29) is 55.6 Å². The standard InChI is InChI=1S/C82H140N2O12/c1-5-9-13-17-21-25-29-33-37-41-45-49-53-59-76(85)91-67-72(95-78(87)61-55-51-47-43-39-35-31-27-23-19-15-11-7-3)69-93-81(89)74-65-84-66-75(80(74)71-58-57-63-83-64-71)82(90)94-70-73(96-79(88)62-56-52-48-44-40-36-32-28-24-20-16-12-8-4)68-92-77(86)60-54-50-46-42-38-34-30-26-22-18-14-10-6-2/h57-58,63-66,72-73H,5-56,59-62,67-70H2,1-4H3. The molecular weight excluding hydrogens is 1200 g/mol. The summed E-state index contributed by atoms with van der Waals surface area (Å²) in [5.74, 6) is -3.51. The van der Waals surface area contributed by atoms with Gasteiger partial charge in [-0.1, -0.05) is 342 Å². The second-order valence-corrected chi connectivity index (χ2v) is 27.6. The minimum Gasteiger partial charge on any atom is -0.462 e. The van der Waals surface area contributed by atoms with Crippen LogP contribution < -0.4 is 0 Å². The molecule has 0 bridgehead atoms. The number of pyridine rings is 2. The summed E-state index contributed by atoms with van der Waals surface area (Å²) in [4.78, 5) is 90.1. The third kappa shape index (κ3) is 50.5. The number of ether oxygens (including phenoxy) is 6. The van der Waals surface area contributed by atoms with Gasteiger partial charge in [0.2, 0.25) is 0 Å². The van der Waals surface area contributed by atoms with Crippen molar-refractivity contribution >= 4 is 35.8 Å². The van der Waals surface area contributed by atoms with Crippen molar-refractivity contribution < 1.29 is 57.2 Å². The van der Waals surface area contributed by atoms with Crippen molar-refractivity contribution in [2.75, 3.05) is 26.4 Å². The topological polar surface area (TPSA) is 184 Å². The van der Waals surface area contributed by atoms with Crippen LogP contribution in [0.15, 0.2) is 36.9 Å². The highest BCUT2D eigenvalue weighted by atomic mass is 16.6. The smallest absolute Gasteiger partial charge is 0.340 e. The van der Waals surface area contributed by atoms with E-state index in [1.54, 1.807) is 18.3 Å². The molecule has 0 N–H and O–H groups in total. The fraction of sp³-hybridized carbons (Fsp3) is 0.805. The van der Waals surface area contributed by atoms with E-state index in [2.05, 4.69) is 37.7 Å². The van der Waals surface area contributed by atoms with Gasteiger partial charge in [-0.15, -0.1) is 0 Å². The molecule has 0 spiro atoms. The molecule has 2 rings (SSSR count). The van der Waals surface area contributed by atoms with Crippen LogP contribution in [-0.4, -0.2) is 84.4 Å². The lowest BCUT2D eigenvalue weighted by Gasteiger charge is -2.20. The quantitative estimate of drug-likeness (QED) is 0.0346. The molecule has 550 valence electrons. The van der Waals surface area contributed by atoms with Crippen molar-refractivity contribution in [3.05, 3.63) is 48.0 Å². The van der Waals surface area contributed by atoms with E-state index < -0.39 is 61.2 Å². The molecule has 0 fully saturated rings. The van der Waals surface area contributed by atoms with E-state index in [1.165, 1.54) is 250 Å². The Bertz CT molecular complexity index is 2060. The van der Waals surface area contributed by atoms with Gasteiger partial charge in [-0.25, -0.2) is 9.59 Å². The molecule has 0 aliphatic carbocycles. The third-order valence-corrected chi connectivity index (χ3v) is 18.5. The Morgan fingerprint density at radius 2 is 0.531 bits per heavy atom. The molecule has 0 aromatic carbocycles. The SMILES string of the molecule is CCCCCCCCCCCCCCCC(=O)OCC(COC(=O)c1cncc(C(=O)OCC(COC(=O)CCCCCCCCCCCCCCC)OC(=O)CCCCCCCCCCCCCCC)c1-c1cccnc1)OC(=O)CCCCCCCCCCCCCCC.